The molecule has 3 aliphatic rings. The Morgan fingerprint density at radius 2 is 1.59 bits per heavy atom. The first kappa shape index (κ1) is 18.0. The maximum atomic E-state index is 12.3. The van der Waals surface area contributed by atoms with Crippen LogP contribution < -0.4 is 5.32 Å². The van der Waals surface area contributed by atoms with E-state index in [9.17, 15) is 4.79 Å². The van der Waals surface area contributed by atoms with Crippen molar-refractivity contribution < 1.29 is 4.79 Å². The zero-order valence-electron chi connectivity index (χ0n) is 16.0. The first-order valence-electron chi connectivity index (χ1n) is 9.62. The highest BCUT2D eigenvalue weighted by Gasteiger charge is 2.47. The van der Waals surface area contributed by atoms with Crippen LogP contribution in [0.15, 0.2) is 54.6 Å². The zero-order valence-corrected chi connectivity index (χ0v) is 16.0. The molecule has 3 heterocycles. The Morgan fingerprint density at radius 1 is 1.00 bits per heavy atom. The molecule has 4 heteroatoms. The van der Waals surface area contributed by atoms with E-state index in [1.807, 2.05) is 30.0 Å². The fraction of sp³-hybridized carbons (Fsp3) is 0.348. The van der Waals surface area contributed by atoms with Gasteiger partial charge in [0.25, 0.3) is 0 Å². The minimum atomic E-state index is 0.233. The molecule has 3 fully saturated rings. The smallest absolute Gasteiger partial charge is 0.236 e. The Bertz CT molecular complexity index is 801. The van der Waals surface area contributed by atoms with Crippen LogP contribution >= 0.6 is 0 Å². The van der Waals surface area contributed by atoms with E-state index in [2.05, 4.69) is 66.0 Å². The molecule has 2 aromatic carbocycles. The maximum Gasteiger partial charge on any atom is 0.236 e. The van der Waals surface area contributed by atoms with E-state index in [0.717, 1.165) is 13.1 Å². The van der Waals surface area contributed by atoms with E-state index in [1.54, 1.807) is 0 Å². The Morgan fingerprint density at radius 3 is 2.19 bits per heavy atom. The number of rotatable bonds is 5. The average molecular weight is 361 g/mol. The number of hydrogen-bond acceptors (Lipinski definition) is 3. The molecule has 27 heavy (non-hydrogen) atoms. The Labute approximate surface area is 161 Å². The van der Waals surface area contributed by atoms with Gasteiger partial charge in [-0.2, -0.15) is 0 Å². The molecule has 0 saturated carbocycles. The van der Waals surface area contributed by atoms with Gasteiger partial charge < -0.3 is 15.1 Å². The van der Waals surface area contributed by atoms with E-state index in [4.69, 9.17) is 0 Å². The van der Waals surface area contributed by atoms with E-state index in [0.29, 0.717) is 24.5 Å². The van der Waals surface area contributed by atoms with Gasteiger partial charge in [-0.25, -0.2) is 0 Å². The molecule has 2 aromatic rings. The quantitative estimate of drug-likeness (QED) is 0.832. The number of amides is 1. The van der Waals surface area contributed by atoms with Crippen molar-refractivity contribution in [2.45, 2.75) is 18.0 Å². The highest BCUT2D eigenvalue weighted by molar-refractivity contribution is 5.78. The summed E-state index contributed by atoms with van der Waals surface area (Å²) in [4.78, 5) is 16.3. The average Bonchev–Trinajstić information content (AvgIpc) is 2.68. The first-order valence-corrected chi connectivity index (χ1v) is 9.62. The van der Waals surface area contributed by atoms with Gasteiger partial charge in [-0.1, -0.05) is 66.7 Å². The number of nitrogens with zero attached hydrogens (tertiary/aromatic N) is 2. The molecular weight excluding hydrogens is 334 g/mol. The molecular formula is C23H27N3O. The van der Waals surface area contributed by atoms with Crippen molar-refractivity contribution in [3.05, 3.63) is 71.3 Å². The van der Waals surface area contributed by atoms with Crippen LogP contribution in [0.3, 0.4) is 0 Å². The van der Waals surface area contributed by atoms with E-state index >= 15 is 0 Å². The predicted octanol–water partition coefficient (Wildman–Crippen LogP) is 2.68. The Kier molecular flexibility index (Phi) is 5.10. The van der Waals surface area contributed by atoms with Crippen LogP contribution in [0.2, 0.25) is 0 Å². The summed E-state index contributed by atoms with van der Waals surface area (Å²) >= 11 is 0. The third-order valence-corrected chi connectivity index (χ3v) is 5.52. The fourth-order valence-electron chi connectivity index (χ4n) is 4.15. The summed E-state index contributed by atoms with van der Waals surface area (Å²) in [7, 11) is 3.88. The van der Waals surface area contributed by atoms with Gasteiger partial charge in [0.15, 0.2) is 0 Å². The number of likely N-dealkylation sites (N-methyl/N-ethyl adjacent to an activating group) is 1. The molecule has 1 unspecified atom stereocenters. The number of fused-ring (bicyclic) bond motifs is 2. The van der Waals surface area contributed by atoms with Gasteiger partial charge in [-0.15, -0.1) is 0 Å². The molecule has 1 N–H and O–H groups in total. The number of carbonyl (C=O) groups excluding carboxylic acids is 1. The lowest BCUT2D eigenvalue weighted by Gasteiger charge is -2.55. The van der Waals surface area contributed by atoms with Gasteiger partial charge in [-0.3, -0.25) is 4.79 Å². The molecule has 3 atom stereocenters. The Hall–Kier alpha value is -2.43. The normalized spacial score (nSPS) is 24.3. The van der Waals surface area contributed by atoms with Gasteiger partial charge in [0.2, 0.25) is 5.91 Å². The van der Waals surface area contributed by atoms with E-state index < -0.39 is 0 Å². The molecule has 5 rings (SSSR count). The molecule has 4 nitrogen and oxygen atoms in total. The SMILES string of the molecule is CN(C)CC(=O)N1C[C@@H]2N[C@H](C1)C2c1ccc(C=Cc2ccccc2)cc1. The zero-order chi connectivity index (χ0) is 18.8. The molecule has 3 aliphatic heterocycles. The summed E-state index contributed by atoms with van der Waals surface area (Å²) in [6.07, 6.45) is 4.30. The number of piperidine rings is 1. The molecule has 1 amide bonds. The van der Waals surface area contributed by atoms with Crippen molar-refractivity contribution in [2.75, 3.05) is 33.7 Å². The van der Waals surface area contributed by atoms with Crippen LogP contribution in [0, 0.1) is 0 Å². The van der Waals surface area contributed by atoms with Crippen LogP contribution in [0.5, 0.6) is 0 Å². The van der Waals surface area contributed by atoms with Gasteiger partial charge in [0.05, 0.1) is 6.54 Å². The van der Waals surface area contributed by atoms with Gasteiger partial charge in [0, 0.05) is 31.1 Å². The summed E-state index contributed by atoms with van der Waals surface area (Å²) in [6.45, 7) is 2.11. The topological polar surface area (TPSA) is 35.6 Å². The second-order valence-electron chi connectivity index (χ2n) is 7.85. The number of benzene rings is 2. The summed E-state index contributed by atoms with van der Waals surface area (Å²) < 4.78 is 0. The van der Waals surface area contributed by atoms with Crippen molar-refractivity contribution in [1.82, 2.24) is 15.1 Å². The standard InChI is InChI=1S/C23H27N3O/c1-25(2)16-22(27)26-14-20-23(21(15-26)24-20)19-12-10-18(11-13-19)9-8-17-6-4-3-5-7-17/h3-13,20-21,23-24H,14-16H2,1-2H3/t20-,21+,23?. The predicted molar refractivity (Wildman–Crippen MR) is 110 cm³/mol. The number of nitrogens with one attached hydrogen (secondary N) is 1. The third-order valence-electron chi connectivity index (χ3n) is 5.52. The molecule has 0 spiro atoms. The number of hydrogen-bond donors (Lipinski definition) is 1. The molecule has 0 aliphatic carbocycles. The molecule has 2 bridgehead atoms. The summed E-state index contributed by atoms with van der Waals surface area (Å²) in [5.74, 6) is 0.747. The van der Waals surface area contributed by atoms with Crippen LogP contribution in [0.25, 0.3) is 12.2 Å². The van der Waals surface area contributed by atoms with Crippen LogP contribution in [0.1, 0.15) is 22.6 Å². The van der Waals surface area contributed by atoms with Gasteiger partial charge >= 0.3 is 0 Å². The number of piperazine rings is 1. The highest BCUT2D eigenvalue weighted by Crippen LogP contribution is 2.37. The third kappa shape index (κ3) is 3.97. The summed E-state index contributed by atoms with van der Waals surface area (Å²) in [6, 6.07) is 20.0. The van der Waals surface area contributed by atoms with E-state index in [-0.39, 0.29) is 5.91 Å². The van der Waals surface area contributed by atoms with Crippen molar-refractivity contribution in [2.24, 2.45) is 0 Å². The molecule has 0 radical (unpaired) electrons. The molecule has 3 saturated heterocycles. The molecule has 0 aromatic heterocycles. The lowest BCUT2D eigenvalue weighted by atomic mass is 9.74. The summed E-state index contributed by atoms with van der Waals surface area (Å²) in [5.41, 5.74) is 3.80. The monoisotopic (exact) mass is 361 g/mol. The fourth-order valence-corrected chi connectivity index (χ4v) is 4.15. The molecule has 140 valence electrons. The minimum Gasteiger partial charge on any atom is -0.338 e. The second-order valence-corrected chi connectivity index (χ2v) is 7.85. The van der Waals surface area contributed by atoms with E-state index in [1.165, 1.54) is 16.7 Å². The van der Waals surface area contributed by atoms with Gasteiger partial charge in [0.1, 0.15) is 0 Å². The van der Waals surface area contributed by atoms with Crippen molar-refractivity contribution in [3.8, 4) is 0 Å². The van der Waals surface area contributed by atoms with Crippen molar-refractivity contribution in [3.63, 3.8) is 0 Å². The minimum absolute atomic E-state index is 0.233. The van der Waals surface area contributed by atoms with Gasteiger partial charge in [-0.05, 0) is 30.8 Å². The largest absolute Gasteiger partial charge is 0.338 e. The van der Waals surface area contributed by atoms with Crippen molar-refractivity contribution in [1.29, 1.82) is 0 Å². The number of carbonyl (C=O) groups is 1. The second kappa shape index (κ2) is 7.67. The van der Waals surface area contributed by atoms with Crippen molar-refractivity contribution >= 4 is 18.1 Å². The Balaban J connectivity index is 1.38. The maximum absolute atomic E-state index is 12.3. The lowest BCUT2D eigenvalue weighted by Crippen LogP contribution is -2.72. The first-order chi connectivity index (χ1) is 13.1. The lowest BCUT2D eigenvalue weighted by molar-refractivity contribution is -0.136. The highest BCUT2D eigenvalue weighted by atomic mass is 16.2. The van der Waals surface area contributed by atoms with Crippen LogP contribution in [0.4, 0.5) is 0 Å². The summed E-state index contributed by atoms with van der Waals surface area (Å²) in [5, 5.41) is 3.61. The van der Waals surface area contributed by atoms with Crippen LogP contribution in [-0.4, -0.2) is 61.5 Å². The van der Waals surface area contributed by atoms with Crippen LogP contribution in [-0.2, 0) is 4.79 Å².